The minimum atomic E-state index is -0.128. The molecule has 4 rings (SSSR count). The Hall–Kier alpha value is -2.81. The molecule has 1 aliphatic heterocycles. The predicted molar refractivity (Wildman–Crippen MR) is 130 cm³/mol. The average Bonchev–Trinajstić information content (AvgIpc) is 3.25. The maximum atomic E-state index is 12.8. The Morgan fingerprint density at radius 3 is 2.88 bits per heavy atom. The Balaban J connectivity index is 1.28. The maximum Gasteiger partial charge on any atom is 0.263 e. The van der Waals surface area contributed by atoms with Gasteiger partial charge >= 0.3 is 0 Å². The molecule has 0 aliphatic carbocycles. The first-order valence-corrected chi connectivity index (χ1v) is 12.1. The normalized spacial score (nSPS) is 14.4. The van der Waals surface area contributed by atoms with Crippen molar-refractivity contribution in [2.24, 2.45) is 0 Å². The first-order valence-electron chi connectivity index (χ1n) is 11.3. The molecule has 1 aromatic carbocycles. The van der Waals surface area contributed by atoms with Crippen LogP contribution in [0.25, 0.3) is 10.7 Å². The van der Waals surface area contributed by atoms with Crippen LogP contribution >= 0.6 is 11.3 Å². The van der Waals surface area contributed by atoms with Gasteiger partial charge in [-0.3, -0.25) is 14.7 Å². The van der Waals surface area contributed by atoms with Gasteiger partial charge in [0.1, 0.15) is 22.2 Å². The molecule has 7 nitrogen and oxygen atoms in total. The third kappa shape index (κ3) is 6.37. The fourth-order valence-corrected chi connectivity index (χ4v) is 4.79. The molecule has 1 saturated heterocycles. The molecule has 2 aromatic heterocycles. The quantitative estimate of drug-likeness (QED) is 0.515. The van der Waals surface area contributed by atoms with E-state index < -0.39 is 0 Å². The second-order valence-electron chi connectivity index (χ2n) is 8.15. The average molecular weight is 467 g/mol. The van der Waals surface area contributed by atoms with Crippen molar-refractivity contribution in [3.63, 3.8) is 0 Å². The fraction of sp³-hybridized carbons (Fsp3) is 0.400. The van der Waals surface area contributed by atoms with Crippen molar-refractivity contribution in [1.82, 2.24) is 20.2 Å². The predicted octanol–water partition coefficient (Wildman–Crippen LogP) is 3.93. The number of aromatic nitrogens is 2. The summed E-state index contributed by atoms with van der Waals surface area (Å²) in [5.41, 5.74) is 2.48. The van der Waals surface area contributed by atoms with Crippen LogP contribution < -0.4 is 10.1 Å². The lowest BCUT2D eigenvalue weighted by atomic mass is 10.1. The van der Waals surface area contributed by atoms with Crippen molar-refractivity contribution in [1.29, 1.82) is 0 Å². The van der Waals surface area contributed by atoms with Crippen LogP contribution in [0.1, 0.15) is 33.8 Å². The summed E-state index contributed by atoms with van der Waals surface area (Å²) in [6.07, 6.45) is 3.88. The summed E-state index contributed by atoms with van der Waals surface area (Å²) in [6, 6.07) is 14.1. The highest BCUT2D eigenvalue weighted by Crippen LogP contribution is 2.26. The minimum Gasteiger partial charge on any atom is -0.492 e. The Bertz CT molecular complexity index is 1050. The van der Waals surface area contributed by atoms with Gasteiger partial charge < -0.3 is 14.8 Å². The number of benzene rings is 1. The van der Waals surface area contributed by atoms with Crippen LogP contribution in [0.15, 0.2) is 48.7 Å². The second-order valence-corrected chi connectivity index (χ2v) is 9.15. The van der Waals surface area contributed by atoms with Gasteiger partial charge in [0, 0.05) is 38.5 Å². The number of aryl methyl sites for hydroxylation is 1. The Morgan fingerprint density at radius 2 is 2.09 bits per heavy atom. The molecule has 1 fully saturated rings. The van der Waals surface area contributed by atoms with Crippen LogP contribution in [-0.4, -0.2) is 60.2 Å². The molecule has 0 radical (unpaired) electrons. The molecule has 0 bridgehead atoms. The first kappa shape index (κ1) is 23.4. The van der Waals surface area contributed by atoms with E-state index in [1.807, 2.05) is 49.4 Å². The van der Waals surface area contributed by atoms with Crippen LogP contribution in [0.3, 0.4) is 0 Å². The smallest absolute Gasteiger partial charge is 0.263 e. The molecule has 33 heavy (non-hydrogen) atoms. The molecule has 1 amide bonds. The molecule has 0 spiro atoms. The topological polar surface area (TPSA) is 76.6 Å². The van der Waals surface area contributed by atoms with Crippen molar-refractivity contribution in [2.75, 3.05) is 33.4 Å². The molecule has 3 aromatic rings. The lowest BCUT2D eigenvalue weighted by Gasteiger charge is -2.31. The zero-order valence-corrected chi connectivity index (χ0v) is 19.9. The van der Waals surface area contributed by atoms with Gasteiger partial charge in [0.15, 0.2) is 0 Å². The standard InChI is InChI=1S/C25H30N4O3S/c1-18-23(33-25(28-18)22-8-3-4-11-26-22)24(30)27-17-19-6-5-7-21(16-19)32-15-12-29(2)20-9-13-31-14-10-20/h3-8,11,16,20H,9-10,12-15,17H2,1-2H3,(H,27,30). The van der Waals surface area contributed by atoms with E-state index in [1.165, 1.54) is 11.3 Å². The SMILES string of the molecule is Cc1nc(-c2ccccn2)sc1C(=O)NCc1cccc(OCCN(C)C2CCOCC2)c1. The number of amides is 1. The van der Waals surface area contributed by atoms with Crippen molar-refractivity contribution in [3.8, 4) is 16.5 Å². The van der Waals surface area contributed by atoms with Crippen LogP contribution in [-0.2, 0) is 11.3 Å². The number of rotatable bonds is 9. The number of pyridine rings is 1. The van der Waals surface area contributed by atoms with E-state index in [2.05, 4.69) is 27.2 Å². The monoisotopic (exact) mass is 466 g/mol. The minimum absolute atomic E-state index is 0.128. The van der Waals surface area contributed by atoms with Gasteiger partial charge in [0.25, 0.3) is 5.91 Å². The second kappa shape index (κ2) is 11.4. The third-order valence-corrected chi connectivity index (χ3v) is 6.94. The van der Waals surface area contributed by atoms with Crippen LogP contribution in [0.2, 0.25) is 0 Å². The number of thiazole rings is 1. The van der Waals surface area contributed by atoms with Gasteiger partial charge in [0.2, 0.25) is 0 Å². The Morgan fingerprint density at radius 1 is 1.24 bits per heavy atom. The largest absolute Gasteiger partial charge is 0.492 e. The molecule has 8 heteroatoms. The fourth-order valence-electron chi connectivity index (χ4n) is 3.83. The number of likely N-dealkylation sites (N-methyl/N-ethyl adjacent to an activating group) is 1. The third-order valence-electron chi connectivity index (χ3n) is 5.77. The highest BCUT2D eigenvalue weighted by Gasteiger charge is 2.18. The summed E-state index contributed by atoms with van der Waals surface area (Å²) in [4.78, 5) is 24.6. The van der Waals surface area contributed by atoms with Crippen molar-refractivity contribution in [3.05, 3.63) is 64.8 Å². The van der Waals surface area contributed by atoms with Gasteiger partial charge in [-0.25, -0.2) is 4.98 Å². The van der Waals surface area contributed by atoms with Crippen LogP contribution in [0.5, 0.6) is 5.75 Å². The zero-order valence-electron chi connectivity index (χ0n) is 19.1. The Labute approximate surface area is 198 Å². The van der Waals surface area contributed by atoms with E-state index in [-0.39, 0.29) is 5.91 Å². The number of nitrogens with one attached hydrogen (secondary N) is 1. The van der Waals surface area contributed by atoms with E-state index in [9.17, 15) is 4.79 Å². The van der Waals surface area contributed by atoms with Gasteiger partial charge in [-0.05, 0) is 56.6 Å². The van der Waals surface area contributed by atoms with Crippen LogP contribution in [0.4, 0.5) is 0 Å². The summed E-state index contributed by atoms with van der Waals surface area (Å²) in [7, 11) is 2.14. The number of hydrogen-bond acceptors (Lipinski definition) is 7. The molecule has 1 N–H and O–H groups in total. The van der Waals surface area contributed by atoms with Gasteiger partial charge in [-0.15, -0.1) is 11.3 Å². The van der Waals surface area contributed by atoms with E-state index in [0.717, 1.165) is 54.6 Å². The lowest BCUT2D eigenvalue weighted by Crippen LogP contribution is -2.38. The highest BCUT2D eigenvalue weighted by atomic mass is 32.1. The number of carbonyl (C=O) groups is 1. The van der Waals surface area contributed by atoms with E-state index in [1.54, 1.807) is 6.20 Å². The van der Waals surface area contributed by atoms with Crippen molar-refractivity contribution in [2.45, 2.75) is 32.4 Å². The van der Waals surface area contributed by atoms with Crippen molar-refractivity contribution < 1.29 is 14.3 Å². The van der Waals surface area contributed by atoms with Gasteiger partial charge in [-0.2, -0.15) is 0 Å². The number of hydrogen-bond donors (Lipinski definition) is 1. The molecule has 1 aliphatic rings. The molecular weight excluding hydrogens is 436 g/mol. The first-order chi connectivity index (χ1) is 16.1. The Kier molecular flexibility index (Phi) is 8.04. The highest BCUT2D eigenvalue weighted by molar-refractivity contribution is 7.17. The molecule has 3 heterocycles. The number of nitrogens with zero attached hydrogens (tertiary/aromatic N) is 3. The molecule has 0 saturated carbocycles. The molecular formula is C25H30N4O3S. The van der Waals surface area contributed by atoms with E-state index >= 15 is 0 Å². The summed E-state index contributed by atoms with van der Waals surface area (Å²) in [5, 5.41) is 3.75. The molecule has 0 unspecified atom stereocenters. The summed E-state index contributed by atoms with van der Waals surface area (Å²) in [5.74, 6) is 0.685. The van der Waals surface area contributed by atoms with E-state index in [4.69, 9.17) is 9.47 Å². The molecule has 174 valence electrons. The maximum absolute atomic E-state index is 12.8. The lowest BCUT2D eigenvalue weighted by molar-refractivity contribution is 0.0392. The van der Waals surface area contributed by atoms with Crippen LogP contribution in [0, 0.1) is 6.92 Å². The summed E-state index contributed by atoms with van der Waals surface area (Å²) < 4.78 is 11.4. The zero-order chi connectivity index (χ0) is 23.0. The molecule has 0 atom stereocenters. The summed E-state index contributed by atoms with van der Waals surface area (Å²) >= 11 is 1.36. The number of carbonyl (C=O) groups excluding carboxylic acids is 1. The van der Waals surface area contributed by atoms with E-state index in [0.29, 0.717) is 29.8 Å². The van der Waals surface area contributed by atoms with Gasteiger partial charge in [0.05, 0.1) is 11.4 Å². The number of ether oxygens (including phenoxy) is 2. The van der Waals surface area contributed by atoms with Gasteiger partial charge in [-0.1, -0.05) is 18.2 Å². The van der Waals surface area contributed by atoms with Crippen molar-refractivity contribution >= 4 is 17.2 Å². The summed E-state index contributed by atoms with van der Waals surface area (Å²) in [6.45, 7) is 5.46.